The summed E-state index contributed by atoms with van der Waals surface area (Å²) in [5.74, 6) is -0.129. The molecule has 1 aromatic carbocycles. The van der Waals surface area contributed by atoms with Crippen LogP contribution in [0.5, 0.6) is 0 Å². The van der Waals surface area contributed by atoms with E-state index in [2.05, 4.69) is 22.1 Å². The van der Waals surface area contributed by atoms with Crippen molar-refractivity contribution in [2.45, 2.75) is 27.2 Å². The smallest absolute Gasteiger partial charge is 0.360 e. The van der Waals surface area contributed by atoms with Crippen molar-refractivity contribution in [3.8, 4) is 0 Å². The van der Waals surface area contributed by atoms with E-state index in [1.165, 1.54) is 5.56 Å². The minimum atomic E-state index is -0.501. The summed E-state index contributed by atoms with van der Waals surface area (Å²) in [6, 6.07) is 11.6. The molecule has 3 aromatic rings. The number of carbonyl (C=O) groups is 1. The van der Waals surface area contributed by atoms with Gasteiger partial charge in [-0.2, -0.15) is 0 Å². The summed E-state index contributed by atoms with van der Waals surface area (Å²) in [4.78, 5) is 16.6. The van der Waals surface area contributed by atoms with Gasteiger partial charge in [0.15, 0.2) is 11.5 Å². The average Bonchev–Trinajstić information content (AvgIpc) is 2.98. The minimum Gasteiger partial charge on any atom is -0.461 e. The van der Waals surface area contributed by atoms with Gasteiger partial charge >= 0.3 is 5.97 Å². The van der Waals surface area contributed by atoms with Crippen molar-refractivity contribution >= 4 is 23.1 Å². The lowest BCUT2D eigenvalue weighted by Gasteiger charge is -2.01. The van der Waals surface area contributed by atoms with E-state index in [0.717, 1.165) is 17.7 Å². The molecular formula is C19H20N4O2. The van der Waals surface area contributed by atoms with Gasteiger partial charge in [0.25, 0.3) is 0 Å². The molecule has 3 rings (SSSR count). The number of hydrogen-bond acceptors (Lipinski definition) is 5. The summed E-state index contributed by atoms with van der Waals surface area (Å²) >= 11 is 0. The second-order valence-electron chi connectivity index (χ2n) is 5.66. The highest BCUT2D eigenvalue weighted by atomic mass is 16.5. The topological polar surface area (TPSA) is 68.3 Å². The SMILES string of the molecule is CCOC(=O)c1nc2ccc(C)cn2c1N=Nc1ccc(CC)cc1. The molecule has 6 heteroatoms. The molecule has 0 amide bonds. The van der Waals surface area contributed by atoms with Crippen LogP contribution in [0.2, 0.25) is 0 Å². The van der Waals surface area contributed by atoms with Crippen LogP contribution in [-0.2, 0) is 11.2 Å². The third-order valence-corrected chi connectivity index (χ3v) is 3.81. The number of carbonyl (C=O) groups excluding carboxylic acids is 1. The highest BCUT2D eigenvalue weighted by Crippen LogP contribution is 2.25. The zero-order valence-electron chi connectivity index (χ0n) is 14.6. The number of ether oxygens (including phenoxy) is 1. The molecule has 2 heterocycles. The van der Waals surface area contributed by atoms with Crippen LogP contribution in [0.1, 0.15) is 35.5 Å². The Bertz CT molecular complexity index is 926. The number of rotatable bonds is 5. The monoisotopic (exact) mass is 336 g/mol. The summed E-state index contributed by atoms with van der Waals surface area (Å²) in [6.45, 7) is 6.10. The average molecular weight is 336 g/mol. The van der Waals surface area contributed by atoms with Crippen molar-refractivity contribution in [1.82, 2.24) is 9.38 Å². The molecule has 0 radical (unpaired) electrons. The van der Waals surface area contributed by atoms with E-state index in [1.807, 2.05) is 49.5 Å². The second kappa shape index (κ2) is 7.25. The first-order chi connectivity index (χ1) is 12.1. The summed E-state index contributed by atoms with van der Waals surface area (Å²) < 4.78 is 6.85. The van der Waals surface area contributed by atoms with Crippen molar-refractivity contribution in [1.29, 1.82) is 0 Å². The summed E-state index contributed by atoms with van der Waals surface area (Å²) in [7, 11) is 0. The molecule has 25 heavy (non-hydrogen) atoms. The van der Waals surface area contributed by atoms with Crippen LogP contribution in [0.4, 0.5) is 11.5 Å². The number of hydrogen-bond donors (Lipinski definition) is 0. The number of aryl methyl sites for hydroxylation is 2. The zero-order chi connectivity index (χ0) is 17.8. The van der Waals surface area contributed by atoms with Crippen LogP contribution in [0.3, 0.4) is 0 Å². The molecule has 0 aliphatic carbocycles. The molecule has 0 spiro atoms. The van der Waals surface area contributed by atoms with Crippen molar-refractivity contribution < 1.29 is 9.53 Å². The highest BCUT2D eigenvalue weighted by molar-refractivity contribution is 5.93. The highest BCUT2D eigenvalue weighted by Gasteiger charge is 2.20. The van der Waals surface area contributed by atoms with Gasteiger partial charge in [0.1, 0.15) is 5.65 Å². The van der Waals surface area contributed by atoms with Crippen LogP contribution in [0.25, 0.3) is 5.65 Å². The normalized spacial score (nSPS) is 11.3. The maximum Gasteiger partial charge on any atom is 0.360 e. The van der Waals surface area contributed by atoms with Gasteiger partial charge in [-0.15, -0.1) is 10.2 Å². The molecule has 6 nitrogen and oxygen atoms in total. The van der Waals surface area contributed by atoms with Gasteiger partial charge < -0.3 is 4.74 Å². The number of benzene rings is 1. The number of nitrogens with zero attached hydrogens (tertiary/aromatic N) is 4. The minimum absolute atomic E-state index is 0.168. The van der Waals surface area contributed by atoms with Gasteiger partial charge in [-0.25, -0.2) is 9.78 Å². The van der Waals surface area contributed by atoms with E-state index in [9.17, 15) is 4.79 Å². The largest absolute Gasteiger partial charge is 0.461 e. The number of imidazole rings is 1. The molecule has 128 valence electrons. The van der Waals surface area contributed by atoms with Gasteiger partial charge in [-0.1, -0.05) is 25.1 Å². The van der Waals surface area contributed by atoms with E-state index in [1.54, 1.807) is 11.3 Å². The maximum absolute atomic E-state index is 12.2. The number of pyridine rings is 1. The van der Waals surface area contributed by atoms with Gasteiger partial charge in [0, 0.05) is 6.20 Å². The number of azo groups is 1. The van der Waals surface area contributed by atoms with Crippen molar-refractivity contribution in [2.75, 3.05) is 6.61 Å². The standard InChI is InChI=1S/C19H20N4O2/c1-4-14-7-9-15(10-8-14)21-22-18-17(19(24)25-5-2)20-16-11-6-13(3)12-23(16)18/h6-12H,4-5H2,1-3H3. The summed E-state index contributed by atoms with van der Waals surface area (Å²) in [5.41, 5.74) is 3.78. The number of esters is 1. The summed E-state index contributed by atoms with van der Waals surface area (Å²) in [6.07, 6.45) is 2.84. The van der Waals surface area contributed by atoms with Gasteiger partial charge in [0.2, 0.25) is 0 Å². The lowest BCUT2D eigenvalue weighted by Crippen LogP contribution is -2.05. The molecule has 0 unspecified atom stereocenters. The number of aromatic nitrogens is 2. The quantitative estimate of drug-likeness (QED) is 0.496. The Labute approximate surface area is 146 Å². The summed E-state index contributed by atoms with van der Waals surface area (Å²) in [5, 5.41) is 8.55. The lowest BCUT2D eigenvalue weighted by molar-refractivity contribution is 0.0521. The van der Waals surface area contributed by atoms with E-state index in [-0.39, 0.29) is 12.3 Å². The second-order valence-corrected chi connectivity index (χ2v) is 5.66. The molecule has 0 N–H and O–H groups in total. The zero-order valence-corrected chi connectivity index (χ0v) is 14.6. The first-order valence-corrected chi connectivity index (χ1v) is 8.29. The van der Waals surface area contributed by atoms with Crippen molar-refractivity contribution in [3.05, 3.63) is 59.4 Å². The van der Waals surface area contributed by atoms with Crippen LogP contribution >= 0.6 is 0 Å². The Balaban J connectivity index is 2.05. The van der Waals surface area contributed by atoms with Gasteiger partial charge in [-0.05, 0) is 49.6 Å². The van der Waals surface area contributed by atoms with Crippen LogP contribution in [-0.4, -0.2) is 22.0 Å². The molecule has 0 fully saturated rings. The maximum atomic E-state index is 12.2. The molecule has 2 aromatic heterocycles. The Morgan fingerprint density at radius 1 is 1.12 bits per heavy atom. The molecule has 0 atom stereocenters. The van der Waals surface area contributed by atoms with Crippen LogP contribution < -0.4 is 0 Å². The molecule has 0 saturated heterocycles. The first kappa shape index (κ1) is 16.8. The van der Waals surface area contributed by atoms with Crippen molar-refractivity contribution in [2.24, 2.45) is 10.2 Å². The van der Waals surface area contributed by atoms with E-state index in [0.29, 0.717) is 11.5 Å². The number of fused-ring (bicyclic) bond motifs is 1. The van der Waals surface area contributed by atoms with Gasteiger partial charge in [-0.3, -0.25) is 4.40 Å². The Morgan fingerprint density at radius 2 is 1.88 bits per heavy atom. The van der Waals surface area contributed by atoms with E-state index < -0.39 is 5.97 Å². The molecule has 0 bridgehead atoms. The third kappa shape index (κ3) is 3.57. The van der Waals surface area contributed by atoms with Crippen molar-refractivity contribution in [3.63, 3.8) is 0 Å². The van der Waals surface area contributed by atoms with E-state index >= 15 is 0 Å². The predicted molar refractivity (Wildman–Crippen MR) is 95.9 cm³/mol. The fourth-order valence-corrected chi connectivity index (χ4v) is 2.47. The Kier molecular flexibility index (Phi) is 4.88. The third-order valence-electron chi connectivity index (χ3n) is 3.81. The first-order valence-electron chi connectivity index (χ1n) is 8.29. The fraction of sp³-hybridized carbons (Fsp3) is 0.263. The van der Waals surface area contributed by atoms with Crippen LogP contribution in [0, 0.1) is 6.92 Å². The Hall–Kier alpha value is -3.02. The predicted octanol–water partition coefficient (Wildman–Crippen LogP) is 4.80. The van der Waals surface area contributed by atoms with E-state index in [4.69, 9.17) is 4.74 Å². The molecule has 0 saturated carbocycles. The van der Waals surface area contributed by atoms with Gasteiger partial charge in [0.05, 0.1) is 12.3 Å². The molecule has 0 aliphatic rings. The fourth-order valence-electron chi connectivity index (χ4n) is 2.47. The Morgan fingerprint density at radius 3 is 2.56 bits per heavy atom. The van der Waals surface area contributed by atoms with Crippen LogP contribution in [0.15, 0.2) is 52.8 Å². The molecule has 0 aliphatic heterocycles. The lowest BCUT2D eigenvalue weighted by atomic mass is 10.2. The molecular weight excluding hydrogens is 316 g/mol.